The fourth-order valence-corrected chi connectivity index (χ4v) is 2.05. The topological polar surface area (TPSA) is 42.2 Å². The number of hydrogen-bond donors (Lipinski definition) is 2. The zero-order valence-corrected chi connectivity index (χ0v) is 8.72. The second-order valence-electron chi connectivity index (χ2n) is 2.84. The van der Waals surface area contributed by atoms with Crippen molar-refractivity contribution >= 4 is 17.3 Å². The zero-order chi connectivity index (χ0) is 9.80. The van der Waals surface area contributed by atoms with E-state index in [-0.39, 0.29) is 11.1 Å². The Morgan fingerprint density at radius 1 is 1.50 bits per heavy atom. The van der Waals surface area contributed by atoms with E-state index < -0.39 is 0 Å². The van der Waals surface area contributed by atoms with Crippen LogP contribution in [0.2, 0.25) is 0 Å². The largest absolute Gasteiger partial charge is 0.333 e. The summed E-state index contributed by atoms with van der Waals surface area (Å²) in [5.41, 5.74) is 0. The van der Waals surface area contributed by atoms with Crippen LogP contribution in [0, 0.1) is 0 Å². The van der Waals surface area contributed by atoms with E-state index in [0.717, 1.165) is 5.82 Å². The summed E-state index contributed by atoms with van der Waals surface area (Å²) in [7, 11) is 1.94. The van der Waals surface area contributed by atoms with Gasteiger partial charge in [-0.25, -0.2) is 4.98 Å². The number of nitrogens with one attached hydrogen (secondary N) is 1. The van der Waals surface area contributed by atoms with Crippen molar-refractivity contribution in [2.45, 2.75) is 0 Å². The van der Waals surface area contributed by atoms with Gasteiger partial charge < -0.3 is 4.57 Å². The van der Waals surface area contributed by atoms with Gasteiger partial charge in [-0.05, 0) is 10.8 Å². The van der Waals surface area contributed by atoms with Crippen LogP contribution in [0.15, 0.2) is 40.5 Å². The van der Waals surface area contributed by atoms with E-state index >= 15 is 0 Å². The Kier molecular flexibility index (Phi) is 2.69. The maximum Gasteiger partial charge on any atom is 0.152 e. The summed E-state index contributed by atoms with van der Waals surface area (Å²) in [5.74, 6) is 0.847. The van der Waals surface area contributed by atoms with Crippen molar-refractivity contribution in [3.8, 4) is 0 Å². The fraction of sp³-hybridized carbons (Fsp3) is 0.111. The average Bonchev–Trinajstić information content (AvgIpc) is 2.78. The maximum atomic E-state index is 4.12. The summed E-state index contributed by atoms with van der Waals surface area (Å²) in [6, 6.07) is 0. The third kappa shape index (κ3) is 2.05. The Morgan fingerprint density at radius 3 is 2.93 bits per heavy atom. The zero-order valence-electron chi connectivity index (χ0n) is 7.83. The molecule has 1 aromatic heterocycles. The summed E-state index contributed by atoms with van der Waals surface area (Å²) < 4.78 is 1.92. The molecule has 1 aliphatic rings. The number of rotatable bonds is 3. The van der Waals surface area contributed by atoms with Gasteiger partial charge in [0.1, 0.15) is 0 Å². The third-order valence-electron chi connectivity index (χ3n) is 1.82. The molecule has 2 rings (SSSR count). The molecular formula is C9H12N4S. The van der Waals surface area contributed by atoms with Gasteiger partial charge in [0.2, 0.25) is 0 Å². The van der Waals surface area contributed by atoms with E-state index in [1.807, 2.05) is 30.0 Å². The normalized spacial score (nSPS) is 17.1. The summed E-state index contributed by atoms with van der Waals surface area (Å²) in [6.45, 7) is 0. The van der Waals surface area contributed by atoms with Crippen LogP contribution in [0.5, 0.6) is 0 Å². The van der Waals surface area contributed by atoms with Crippen molar-refractivity contribution in [2.75, 3.05) is 0 Å². The highest BCUT2D eigenvalue weighted by molar-refractivity contribution is 8.20. The lowest BCUT2D eigenvalue weighted by Gasteiger charge is -2.07. The van der Waals surface area contributed by atoms with Crippen molar-refractivity contribution in [3.63, 3.8) is 0 Å². The molecule has 0 atom stereocenters. The molecule has 0 saturated carbocycles. The number of thiol groups is 1. The first-order chi connectivity index (χ1) is 6.86. The Balaban J connectivity index is 1.91. The number of aromatic nitrogens is 2. The van der Waals surface area contributed by atoms with Crippen molar-refractivity contribution in [2.24, 2.45) is 12.1 Å². The fourth-order valence-electron chi connectivity index (χ4n) is 1.06. The highest BCUT2D eigenvalue weighted by Crippen LogP contribution is 2.27. The molecule has 0 radical (unpaired) electrons. The van der Waals surface area contributed by atoms with Crippen LogP contribution in [0.3, 0.4) is 0 Å². The molecular weight excluding hydrogens is 196 g/mol. The Hall–Kier alpha value is -1.49. The van der Waals surface area contributed by atoms with Crippen molar-refractivity contribution in [3.05, 3.63) is 41.2 Å². The van der Waals surface area contributed by atoms with Crippen molar-refractivity contribution < 1.29 is 0 Å². The molecule has 0 saturated heterocycles. The smallest absolute Gasteiger partial charge is 0.152 e. The summed E-state index contributed by atoms with van der Waals surface area (Å²) >= 11 is -0.383. The lowest BCUT2D eigenvalue weighted by atomic mass is 10.6. The molecule has 0 unspecified atom stereocenters. The van der Waals surface area contributed by atoms with Crippen LogP contribution in [0.25, 0.3) is 0 Å². The summed E-state index contributed by atoms with van der Waals surface area (Å²) in [6.07, 6.45) is 9.41. The van der Waals surface area contributed by atoms with E-state index in [1.165, 1.54) is 0 Å². The van der Waals surface area contributed by atoms with Crippen LogP contribution in [0.1, 0.15) is 5.82 Å². The van der Waals surface area contributed by atoms with E-state index in [4.69, 9.17) is 0 Å². The first-order valence-corrected chi connectivity index (χ1v) is 5.73. The number of aryl methyl sites for hydroxylation is 1. The van der Waals surface area contributed by atoms with Gasteiger partial charge in [0.05, 0.1) is 6.21 Å². The number of nitrogens with zero attached hydrogens (tertiary/aromatic N) is 3. The molecule has 0 fully saturated rings. The van der Waals surface area contributed by atoms with E-state index in [2.05, 4.69) is 25.7 Å². The molecule has 0 bridgehead atoms. The summed E-state index contributed by atoms with van der Waals surface area (Å²) in [4.78, 5) is 7.18. The van der Waals surface area contributed by atoms with Gasteiger partial charge in [0.25, 0.3) is 0 Å². The van der Waals surface area contributed by atoms with Gasteiger partial charge in [-0.2, -0.15) is 5.10 Å². The Bertz CT molecular complexity index is 379. The van der Waals surface area contributed by atoms with E-state index in [1.54, 1.807) is 12.4 Å². The lowest BCUT2D eigenvalue weighted by Crippen LogP contribution is -2.01. The highest BCUT2D eigenvalue weighted by Gasteiger charge is 1.95. The van der Waals surface area contributed by atoms with Gasteiger partial charge >= 0.3 is 0 Å². The molecule has 74 valence electrons. The summed E-state index contributed by atoms with van der Waals surface area (Å²) in [5, 5.41) is 8.33. The van der Waals surface area contributed by atoms with Gasteiger partial charge in [0.15, 0.2) is 5.82 Å². The molecule has 1 aromatic rings. The average molecular weight is 208 g/mol. The molecule has 0 amide bonds. The molecule has 0 aliphatic carbocycles. The molecule has 4 nitrogen and oxygen atoms in total. The number of allylic oxidation sites excluding steroid dienone is 2. The monoisotopic (exact) mass is 208 g/mol. The van der Waals surface area contributed by atoms with Crippen LogP contribution < -0.4 is 4.83 Å². The highest BCUT2D eigenvalue weighted by atomic mass is 32.2. The minimum Gasteiger partial charge on any atom is -0.333 e. The molecule has 1 N–H and O–H groups in total. The van der Waals surface area contributed by atoms with Crippen LogP contribution >= 0.6 is 11.1 Å². The standard InChI is InChI=1S/C9H12N4S/c1-13-5-4-10-9(13)8-11-12-14-6-2-3-7-14/h2-8,12,14H,1H3. The molecule has 0 spiro atoms. The molecule has 1 aliphatic heterocycles. The first kappa shape index (κ1) is 9.08. The Labute approximate surface area is 85.5 Å². The lowest BCUT2D eigenvalue weighted by molar-refractivity contribution is 0.899. The van der Waals surface area contributed by atoms with Gasteiger partial charge in [-0.15, -0.1) is 11.1 Å². The van der Waals surface area contributed by atoms with Crippen LogP contribution in [-0.2, 0) is 7.05 Å². The van der Waals surface area contributed by atoms with Gasteiger partial charge in [-0.1, -0.05) is 12.2 Å². The number of hydrogen-bond acceptors (Lipinski definition) is 3. The van der Waals surface area contributed by atoms with E-state index in [9.17, 15) is 0 Å². The second kappa shape index (κ2) is 4.15. The number of hydrazone groups is 1. The SMILES string of the molecule is Cn1ccnc1C=NN[SH]1C=CC=C1. The molecule has 14 heavy (non-hydrogen) atoms. The van der Waals surface area contributed by atoms with Gasteiger partial charge in [0, 0.05) is 19.4 Å². The second-order valence-corrected chi connectivity index (χ2v) is 4.46. The van der Waals surface area contributed by atoms with Crippen LogP contribution in [0.4, 0.5) is 0 Å². The minimum atomic E-state index is -0.383. The number of imidazole rings is 1. The Morgan fingerprint density at radius 2 is 2.29 bits per heavy atom. The third-order valence-corrected chi connectivity index (χ3v) is 3.15. The van der Waals surface area contributed by atoms with E-state index in [0.29, 0.717) is 0 Å². The predicted octanol–water partition coefficient (Wildman–Crippen LogP) is 1.30. The van der Waals surface area contributed by atoms with Gasteiger partial charge in [-0.3, -0.25) is 4.83 Å². The van der Waals surface area contributed by atoms with Crippen molar-refractivity contribution in [1.29, 1.82) is 0 Å². The first-order valence-electron chi connectivity index (χ1n) is 4.25. The molecule has 0 aromatic carbocycles. The molecule has 2 heterocycles. The predicted molar refractivity (Wildman–Crippen MR) is 61.2 cm³/mol. The quantitative estimate of drug-likeness (QED) is 0.446. The molecule has 5 heteroatoms. The maximum absolute atomic E-state index is 4.12. The van der Waals surface area contributed by atoms with Crippen LogP contribution in [-0.4, -0.2) is 15.8 Å². The minimum absolute atomic E-state index is 0.383. The van der Waals surface area contributed by atoms with Crippen molar-refractivity contribution in [1.82, 2.24) is 14.4 Å².